The van der Waals surface area contributed by atoms with Crippen LogP contribution in [-0.2, 0) is 12.0 Å². The summed E-state index contributed by atoms with van der Waals surface area (Å²) in [6.45, 7) is 6.13. The molecule has 0 aromatic carbocycles. The van der Waals surface area contributed by atoms with Gasteiger partial charge in [0.15, 0.2) is 0 Å². The van der Waals surface area contributed by atoms with Crippen LogP contribution in [0.2, 0.25) is 0 Å². The third kappa shape index (κ3) is 2.86. The smallest absolute Gasteiger partial charge is 0.320 e. The Morgan fingerprint density at radius 2 is 2.23 bits per heavy atom. The molecule has 6 nitrogen and oxygen atoms in total. The molecule has 2 aromatic heterocycles. The molecule has 118 valence electrons. The van der Waals surface area contributed by atoms with Crippen molar-refractivity contribution in [1.29, 1.82) is 0 Å². The summed E-state index contributed by atoms with van der Waals surface area (Å²) in [5.41, 5.74) is 0.903. The SMILES string of the molecule is CC(C)(C)n1nccc1NC(=O)N[C@H]1CCCc2occc21. The van der Waals surface area contributed by atoms with Gasteiger partial charge in [0, 0.05) is 18.1 Å². The van der Waals surface area contributed by atoms with Gasteiger partial charge in [0.1, 0.15) is 11.6 Å². The first-order chi connectivity index (χ1) is 10.4. The lowest BCUT2D eigenvalue weighted by molar-refractivity contribution is 0.246. The molecule has 0 bridgehead atoms. The minimum Gasteiger partial charge on any atom is -0.469 e. The first-order valence-electron chi connectivity index (χ1n) is 7.63. The molecule has 0 fully saturated rings. The highest BCUT2D eigenvalue weighted by atomic mass is 16.3. The molecule has 1 atom stereocenters. The first-order valence-corrected chi connectivity index (χ1v) is 7.63. The van der Waals surface area contributed by atoms with E-state index in [2.05, 4.69) is 15.7 Å². The maximum absolute atomic E-state index is 12.3. The molecule has 2 amide bonds. The second-order valence-electron chi connectivity index (χ2n) is 6.64. The van der Waals surface area contributed by atoms with Gasteiger partial charge < -0.3 is 9.73 Å². The van der Waals surface area contributed by atoms with Crippen molar-refractivity contribution >= 4 is 11.8 Å². The Hall–Kier alpha value is -2.24. The number of carbonyl (C=O) groups is 1. The summed E-state index contributed by atoms with van der Waals surface area (Å²) in [6, 6.07) is 3.53. The third-order valence-electron chi connectivity index (χ3n) is 3.88. The van der Waals surface area contributed by atoms with Crippen LogP contribution < -0.4 is 10.6 Å². The Kier molecular flexibility index (Phi) is 3.68. The van der Waals surface area contributed by atoms with Gasteiger partial charge in [-0.1, -0.05) is 0 Å². The van der Waals surface area contributed by atoms with Crippen molar-refractivity contribution in [2.45, 2.75) is 51.6 Å². The first kappa shape index (κ1) is 14.7. The van der Waals surface area contributed by atoms with Crippen LogP contribution in [0.25, 0.3) is 0 Å². The predicted molar refractivity (Wildman–Crippen MR) is 83.8 cm³/mol. The van der Waals surface area contributed by atoms with E-state index in [1.807, 2.05) is 26.8 Å². The lowest BCUT2D eigenvalue weighted by Crippen LogP contribution is -2.35. The van der Waals surface area contributed by atoms with Crippen LogP contribution in [-0.4, -0.2) is 15.8 Å². The zero-order chi connectivity index (χ0) is 15.7. The number of amides is 2. The molecule has 2 heterocycles. The number of furan rings is 1. The minimum absolute atomic E-state index is 0.00788. The van der Waals surface area contributed by atoms with Crippen LogP contribution in [0.3, 0.4) is 0 Å². The Morgan fingerprint density at radius 3 is 3.00 bits per heavy atom. The summed E-state index contributed by atoms with van der Waals surface area (Å²) < 4.78 is 7.25. The van der Waals surface area contributed by atoms with Gasteiger partial charge in [-0.25, -0.2) is 9.48 Å². The molecule has 0 unspecified atom stereocenters. The summed E-state index contributed by atoms with van der Waals surface area (Å²) in [7, 11) is 0. The van der Waals surface area contributed by atoms with Crippen molar-refractivity contribution in [3.8, 4) is 0 Å². The highest BCUT2D eigenvalue weighted by Gasteiger charge is 2.25. The van der Waals surface area contributed by atoms with Gasteiger partial charge in [0.2, 0.25) is 0 Å². The summed E-state index contributed by atoms with van der Waals surface area (Å²) in [5, 5.41) is 10.2. The van der Waals surface area contributed by atoms with Crippen LogP contribution in [0.4, 0.5) is 10.6 Å². The van der Waals surface area contributed by atoms with E-state index in [0.29, 0.717) is 5.82 Å². The Bertz CT molecular complexity index is 666. The maximum atomic E-state index is 12.3. The molecule has 1 aliphatic carbocycles. The average molecular weight is 302 g/mol. The van der Waals surface area contributed by atoms with Crippen LogP contribution in [0, 0.1) is 0 Å². The lowest BCUT2D eigenvalue weighted by Gasteiger charge is -2.25. The van der Waals surface area contributed by atoms with Crippen molar-refractivity contribution in [2.24, 2.45) is 0 Å². The third-order valence-corrected chi connectivity index (χ3v) is 3.88. The number of nitrogens with one attached hydrogen (secondary N) is 2. The molecule has 0 spiro atoms. The average Bonchev–Trinajstić information content (AvgIpc) is 3.06. The molecule has 0 saturated heterocycles. The lowest BCUT2D eigenvalue weighted by atomic mass is 9.93. The van der Waals surface area contributed by atoms with Gasteiger partial charge in [0.25, 0.3) is 0 Å². The van der Waals surface area contributed by atoms with Gasteiger partial charge in [-0.05, 0) is 39.7 Å². The van der Waals surface area contributed by atoms with Crippen molar-refractivity contribution < 1.29 is 9.21 Å². The molecule has 6 heteroatoms. The quantitative estimate of drug-likeness (QED) is 0.892. The summed E-state index contributed by atoms with van der Waals surface area (Å²) in [6.07, 6.45) is 6.27. The maximum Gasteiger partial charge on any atom is 0.320 e. The highest BCUT2D eigenvalue weighted by molar-refractivity contribution is 5.88. The molecule has 3 rings (SSSR count). The molecular weight excluding hydrogens is 280 g/mol. The fourth-order valence-corrected chi connectivity index (χ4v) is 2.88. The molecule has 1 aliphatic rings. The van der Waals surface area contributed by atoms with E-state index in [1.165, 1.54) is 0 Å². The standard InChI is InChI=1S/C16H22N4O2/c1-16(2,3)20-14(7-9-17-20)19-15(21)18-12-5-4-6-13-11(12)8-10-22-13/h7-10,12H,4-6H2,1-3H3,(H2,18,19,21)/t12-/m0/s1. The normalized spacial score (nSPS) is 17.9. The molecule has 22 heavy (non-hydrogen) atoms. The predicted octanol–water partition coefficient (Wildman–Crippen LogP) is 3.43. The van der Waals surface area contributed by atoms with Gasteiger partial charge >= 0.3 is 6.03 Å². The molecular formula is C16H22N4O2. The van der Waals surface area contributed by atoms with Crippen molar-refractivity contribution in [3.05, 3.63) is 35.9 Å². The molecule has 0 radical (unpaired) electrons. The fourth-order valence-electron chi connectivity index (χ4n) is 2.88. The zero-order valence-electron chi connectivity index (χ0n) is 13.2. The molecule has 0 aliphatic heterocycles. The van der Waals surface area contributed by atoms with Crippen LogP contribution >= 0.6 is 0 Å². The molecule has 2 N–H and O–H groups in total. The van der Waals surface area contributed by atoms with E-state index < -0.39 is 0 Å². The minimum atomic E-state index is -0.218. The van der Waals surface area contributed by atoms with E-state index in [-0.39, 0.29) is 17.6 Å². The Morgan fingerprint density at radius 1 is 1.41 bits per heavy atom. The molecule has 2 aromatic rings. The number of urea groups is 1. The number of fused-ring (bicyclic) bond motifs is 1. The monoisotopic (exact) mass is 302 g/mol. The molecule has 0 saturated carbocycles. The van der Waals surface area contributed by atoms with Crippen LogP contribution in [0.5, 0.6) is 0 Å². The van der Waals surface area contributed by atoms with E-state index in [9.17, 15) is 4.79 Å². The van der Waals surface area contributed by atoms with Crippen LogP contribution in [0.1, 0.15) is 51.0 Å². The second-order valence-corrected chi connectivity index (χ2v) is 6.64. The topological polar surface area (TPSA) is 72.1 Å². The number of nitrogens with zero attached hydrogens (tertiary/aromatic N) is 2. The van der Waals surface area contributed by atoms with Crippen molar-refractivity contribution in [3.63, 3.8) is 0 Å². The largest absolute Gasteiger partial charge is 0.469 e. The number of hydrogen-bond acceptors (Lipinski definition) is 3. The van der Waals surface area contributed by atoms with E-state index in [4.69, 9.17) is 4.42 Å². The number of rotatable bonds is 2. The summed E-state index contributed by atoms with van der Waals surface area (Å²) in [4.78, 5) is 12.3. The number of hydrogen-bond donors (Lipinski definition) is 2. The van der Waals surface area contributed by atoms with Gasteiger partial charge in [-0.3, -0.25) is 5.32 Å². The number of aryl methyl sites for hydroxylation is 1. The fraction of sp³-hybridized carbons (Fsp3) is 0.500. The van der Waals surface area contributed by atoms with Gasteiger partial charge in [0.05, 0.1) is 24.0 Å². The summed E-state index contributed by atoms with van der Waals surface area (Å²) >= 11 is 0. The van der Waals surface area contributed by atoms with Gasteiger partial charge in [-0.15, -0.1) is 0 Å². The number of aromatic nitrogens is 2. The highest BCUT2D eigenvalue weighted by Crippen LogP contribution is 2.30. The Labute approximate surface area is 129 Å². The zero-order valence-corrected chi connectivity index (χ0v) is 13.2. The number of carbonyl (C=O) groups excluding carboxylic acids is 1. The number of anilines is 1. The van der Waals surface area contributed by atoms with E-state index in [1.54, 1.807) is 23.2 Å². The summed E-state index contributed by atoms with van der Waals surface area (Å²) in [5.74, 6) is 1.67. The van der Waals surface area contributed by atoms with Crippen molar-refractivity contribution in [1.82, 2.24) is 15.1 Å². The van der Waals surface area contributed by atoms with Crippen molar-refractivity contribution in [2.75, 3.05) is 5.32 Å². The van der Waals surface area contributed by atoms with Gasteiger partial charge in [-0.2, -0.15) is 5.10 Å². The van der Waals surface area contributed by atoms with Crippen LogP contribution in [0.15, 0.2) is 29.0 Å². The second kappa shape index (κ2) is 5.51. The van der Waals surface area contributed by atoms with E-state index in [0.717, 1.165) is 30.6 Å². The van der Waals surface area contributed by atoms with E-state index >= 15 is 0 Å². The Balaban J connectivity index is 1.69.